The third-order valence-corrected chi connectivity index (χ3v) is 3.56. The minimum atomic E-state index is -0.287. The van der Waals surface area contributed by atoms with Crippen LogP contribution in [0.1, 0.15) is 34.5 Å². The van der Waals surface area contributed by atoms with E-state index in [4.69, 9.17) is 4.42 Å². The fourth-order valence-corrected chi connectivity index (χ4v) is 2.27. The molecule has 4 heteroatoms. The molecule has 1 aliphatic carbocycles. The van der Waals surface area contributed by atoms with Crippen LogP contribution in [-0.4, -0.2) is 16.8 Å². The number of aryl methyl sites for hydroxylation is 1. The summed E-state index contributed by atoms with van der Waals surface area (Å²) >= 11 is 0. The van der Waals surface area contributed by atoms with Crippen molar-refractivity contribution in [1.29, 1.82) is 0 Å². The first-order valence-electron chi connectivity index (χ1n) is 6.74. The molecule has 0 atom stereocenters. The van der Waals surface area contributed by atoms with Gasteiger partial charge in [-0.2, -0.15) is 0 Å². The zero-order chi connectivity index (χ0) is 14.1. The Morgan fingerprint density at radius 1 is 1.40 bits per heavy atom. The summed E-state index contributed by atoms with van der Waals surface area (Å²) in [5.41, 5.74) is 1.02. The molecule has 1 aromatic carbocycles. The van der Waals surface area contributed by atoms with Crippen molar-refractivity contribution in [3.8, 4) is 0 Å². The molecule has 0 N–H and O–H groups in total. The van der Waals surface area contributed by atoms with Crippen molar-refractivity contribution in [3.63, 3.8) is 0 Å². The SMILES string of the molecule is Cc1cc(C(=O)N(Cc2ccco2)C2CC2)ccc1F. The Morgan fingerprint density at radius 2 is 2.20 bits per heavy atom. The Hall–Kier alpha value is -2.10. The van der Waals surface area contributed by atoms with Crippen molar-refractivity contribution < 1.29 is 13.6 Å². The molecule has 0 bridgehead atoms. The lowest BCUT2D eigenvalue weighted by Gasteiger charge is -2.21. The van der Waals surface area contributed by atoms with Crippen LogP contribution in [0.25, 0.3) is 0 Å². The Morgan fingerprint density at radius 3 is 2.80 bits per heavy atom. The van der Waals surface area contributed by atoms with Crippen molar-refractivity contribution in [3.05, 3.63) is 59.3 Å². The second kappa shape index (κ2) is 5.12. The van der Waals surface area contributed by atoms with Gasteiger partial charge < -0.3 is 9.32 Å². The molecule has 0 spiro atoms. The molecule has 2 aromatic rings. The van der Waals surface area contributed by atoms with Crippen LogP contribution >= 0.6 is 0 Å². The van der Waals surface area contributed by atoms with E-state index in [1.807, 2.05) is 17.0 Å². The fraction of sp³-hybridized carbons (Fsp3) is 0.312. The van der Waals surface area contributed by atoms with Crippen molar-refractivity contribution in [1.82, 2.24) is 4.90 Å². The molecule has 3 rings (SSSR count). The lowest BCUT2D eigenvalue weighted by atomic mass is 10.1. The van der Waals surface area contributed by atoms with Gasteiger partial charge in [0.2, 0.25) is 0 Å². The van der Waals surface area contributed by atoms with Crippen LogP contribution in [0.5, 0.6) is 0 Å². The number of furan rings is 1. The van der Waals surface area contributed by atoms with Gasteiger partial charge in [-0.25, -0.2) is 4.39 Å². The Kier molecular flexibility index (Phi) is 3.30. The third-order valence-electron chi connectivity index (χ3n) is 3.56. The molecule has 1 amide bonds. The maximum absolute atomic E-state index is 13.3. The van der Waals surface area contributed by atoms with E-state index in [-0.39, 0.29) is 17.8 Å². The van der Waals surface area contributed by atoms with Crippen molar-refractivity contribution in [2.75, 3.05) is 0 Å². The van der Waals surface area contributed by atoms with Gasteiger partial charge in [-0.05, 0) is 55.7 Å². The Bertz CT molecular complexity index is 617. The largest absolute Gasteiger partial charge is 0.467 e. The lowest BCUT2D eigenvalue weighted by Crippen LogP contribution is -2.32. The van der Waals surface area contributed by atoms with Gasteiger partial charge in [-0.3, -0.25) is 4.79 Å². The molecule has 0 unspecified atom stereocenters. The van der Waals surface area contributed by atoms with Gasteiger partial charge in [0.1, 0.15) is 11.6 Å². The van der Waals surface area contributed by atoms with E-state index < -0.39 is 0 Å². The molecule has 0 radical (unpaired) electrons. The number of carbonyl (C=O) groups excluding carboxylic acids is 1. The van der Waals surface area contributed by atoms with Gasteiger partial charge in [0.05, 0.1) is 12.8 Å². The van der Waals surface area contributed by atoms with Crippen molar-refractivity contribution in [2.24, 2.45) is 0 Å². The van der Waals surface area contributed by atoms with E-state index in [0.717, 1.165) is 18.6 Å². The van der Waals surface area contributed by atoms with E-state index in [1.54, 1.807) is 25.3 Å². The van der Waals surface area contributed by atoms with Crippen LogP contribution in [0.3, 0.4) is 0 Å². The van der Waals surface area contributed by atoms with Gasteiger partial charge in [-0.1, -0.05) is 0 Å². The smallest absolute Gasteiger partial charge is 0.254 e. The van der Waals surface area contributed by atoms with E-state index in [9.17, 15) is 9.18 Å². The fourth-order valence-electron chi connectivity index (χ4n) is 2.27. The molecule has 104 valence electrons. The second-order valence-electron chi connectivity index (χ2n) is 5.21. The van der Waals surface area contributed by atoms with Crippen LogP contribution in [0.15, 0.2) is 41.0 Å². The molecule has 3 nitrogen and oxygen atoms in total. The average molecular weight is 273 g/mol. The topological polar surface area (TPSA) is 33.5 Å². The van der Waals surface area contributed by atoms with E-state index >= 15 is 0 Å². The standard InChI is InChI=1S/C16H16FNO2/c1-11-9-12(4-7-15(11)17)16(19)18(13-5-6-13)10-14-3-2-8-20-14/h2-4,7-9,13H,5-6,10H2,1H3. The summed E-state index contributed by atoms with van der Waals surface area (Å²) in [7, 11) is 0. The van der Waals surface area contributed by atoms with Crippen LogP contribution in [-0.2, 0) is 6.54 Å². The first-order valence-corrected chi connectivity index (χ1v) is 6.74. The number of rotatable bonds is 4. The number of carbonyl (C=O) groups is 1. The first-order chi connectivity index (χ1) is 9.65. The number of hydrogen-bond acceptors (Lipinski definition) is 2. The number of benzene rings is 1. The summed E-state index contributed by atoms with van der Waals surface area (Å²) in [6.07, 6.45) is 3.65. The number of nitrogens with zero attached hydrogens (tertiary/aromatic N) is 1. The predicted octanol–water partition coefficient (Wildman–Crippen LogP) is 3.53. The minimum absolute atomic E-state index is 0.0630. The second-order valence-corrected chi connectivity index (χ2v) is 5.21. The van der Waals surface area contributed by atoms with E-state index in [2.05, 4.69) is 0 Å². The molecule has 1 aliphatic rings. The molecule has 1 fully saturated rings. The lowest BCUT2D eigenvalue weighted by molar-refractivity contribution is 0.0717. The quantitative estimate of drug-likeness (QED) is 0.853. The summed E-state index contributed by atoms with van der Waals surface area (Å²) in [6, 6.07) is 8.45. The predicted molar refractivity (Wildman–Crippen MR) is 72.7 cm³/mol. The summed E-state index contributed by atoms with van der Waals surface area (Å²) in [6.45, 7) is 2.13. The maximum atomic E-state index is 13.3. The summed E-state index contributed by atoms with van der Waals surface area (Å²) in [5, 5.41) is 0. The highest BCUT2D eigenvalue weighted by atomic mass is 19.1. The summed E-state index contributed by atoms with van der Waals surface area (Å²) in [5.74, 6) is 0.418. The zero-order valence-electron chi connectivity index (χ0n) is 11.3. The van der Waals surface area contributed by atoms with E-state index in [0.29, 0.717) is 17.7 Å². The molecular formula is C16H16FNO2. The summed E-state index contributed by atoms with van der Waals surface area (Å²) in [4.78, 5) is 14.4. The highest BCUT2D eigenvalue weighted by Gasteiger charge is 2.33. The average Bonchev–Trinajstić information content (AvgIpc) is 3.15. The summed E-state index contributed by atoms with van der Waals surface area (Å²) < 4.78 is 18.6. The maximum Gasteiger partial charge on any atom is 0.254 e. The van der Waals surface area contributed by atoms with Gasteiger partial charge >= 0.3 is 0 Å². The molecule has 1 heterocycles. The normalized spacial score (nSPS) is 14.3. The van der Waals surface area contributed by atoms with Gasteiger partial charge in [0.25, 0.3) is 5.91 Å². The van der Waals surface area contributed by atoms with Crippen LogP contribution in [0.4, 0.5) is 4.39 Å². The third kappa shape index (κ3) is 2.59. The first kappa shape index (κ1) is 12.9. The minimum Gasteiger partial charge on any atom is -0.467 e. The molecule has 0 aliphatic heterocycles. The monoisotopic (exact) mass is 273 g/mol. The Balaban J connectivity index is 1.83. The van der Waals surface area contributed by atoms with Gasteiger partial charge in [-0.15, -0.1) is 0 Å². The van der Waals surface area contributed by atoms with Crippen LogP contribution < -0.4 is 0 Å². The van der Waals surface area contributed by atoms with Crippen molar-refractivity contribution >= 4 is 5.91 Å². The highest BCUT2D eigenvalue weighted by Crippen LogP contribution is 2.30. The number of hydrogen-bond donors (Lipinski definition) is 0. The highest BCUT2D eigenvalue weighted by molar-refractivity contribution is 5.94. The van der Waals surface area contributed by atoms with Crippen LogP contribution in [0.2, 0.25) is 0 Å². The van der Waals surface area contributed by atoms with Gasteiger partial charge in [0.15, 0.2) is 0 Å². The van der Waals surface area contributed by atoms with E-state index in [1.165, 1.54) is 6.07 Å². The molecule has 1 aromatic heterocycles. The van der Waals surface area contributed by atoms with Gasteiger partial charge in [0, 0.05) is 11.6 Å². The molecular weight excluding hydrogens is 257 g/mol. The molecule has 1 saturated carbocycles. The number of amides is 1. The Labute approximate surface area is 117 Å². The molecule has 0 saturated heterocycles. The van der Waals surface area contributed by atoms with Crippen LogP contribution in [0, 0.1) is 12.7 Å². The van der Waals surface area contributed by atoms with Crippen molar-refractivity contribution in [2.45, 2.75) is 32.4 Å². The molecule has 20 heavy (non-hydrogen) atoms. The number of halogens is 1. The zero-order valence-corrected chi connectivity index (χ0v) is 11.3.